The number of aliphatic carboxylic acids is 1. The van der Waals surface area contributed by atoms with Gasteiger partial charge in [0.25, 0.3) is 5.91 Å². The summed E-state index contributed by atoms with van der Waals surface area (Å²) in [5, 5.41) is 11.8. The molecular weight excluding hydrogens is 301 g/mol. The van der Waals surface area contributed by atoms with Gasteiger partial charge in [-0.05, 0) is 25.0 Å². The van der Waals surface area contributed by atoms with Crippen molar-refractivity contribution in [2.24, 2.45) is 0 Å². The molecule has 0 aromatic carbocycles. The Hall–Kier alpha value is -2.12. The molecule has 2 rings (SSSR count). The Morgan fingerprint density at radius 3 is 2.27 bits per heavy atom. The molecule has 0 spiro atoms. The third kappa shape index (κ3) is 3.37. The van der Waals surface area contributed by atoms with E-state index in [-0.39, 0.29) is 5.56 Å². The number of hydrogen-bond donors (Lipinski definition) is 2. The number of halogens is 3. The van der Waals surface area contributed by atoms with Gasteiger partial charge in [-0.1, -0.05) is 19.3 Å². The first-order valence-corrected chi connectivity index (χ1v) is 6.84. The topological polar surface area (TPSA) is 79.3 Å². The van der Waals surface area contributed by atoms with Gasteiger partial charge in [0.15, 0.2) is 0 Å². The van der Waals surface area contributed by atoms with E-state index in [0.29, 0.717) is 31.7 Å². The van der Waals surface area contributed by atoms with E-state index in [9.17, 15) is 27.9 Å². The highest BCUT2D eigenvalue weighted by molar-refractivity contribution is 5.97. The Labute approximate surface area is 124 Å². The molecule has 22 heavy (non-hydrogen) atoms. The monoisotopic (exact) mass is 316 g/mol. The van der Waals surface area contributed by atoms with Crippen molar-refractivity contribution < 1.29 is 27.9 Å². The molecule has 120 valence electrons. The van der Waals surface area contributed by atoms with Gasteiger partial charge in [-0.25, -0.2) is 4.79 Å². The molecule has 0 atom stereocenters. The van der Waals surface area contributed by atoms with Crippen molar-refractivity contribution in [3.63, 3.8) is 0 Å². The zero-order chi connectivity index (χ0) is 16.4. The van der Waals surface area contributed by atoms with Crippen molar-refractivity contribution in [1.82, 2.24) is 10.3 Å². The van der Waals surface area contributed by atoms with E-state index in [4.69, 9.17) is 0 Å². The molecule has 0 radical (unpaired) electrons. The Kier molecular flexibility index (Phi) is 4.39. The summed E-state index contributed by atoms with van der Waals surface area (Å²) in [6.07, 6.45) is -0.913. The zero-order valence-corrected chi connectivity index (χ0v) is 11.6. The number of nitrogens with zero attached hydrogens (tertiary/aromatic N) is 1. The second-order valence-electron chi connectivity index (χ2n) is 5.33. The van der Waals surface area contributed by atoms with E-state index in [0.717, 1.165) is 18.7 Å². The number of carboxylic acids is 1. The predicted octanol–water partition coefficient (Wildman–Crippen LogP) is 2.62. The normalized spacial score (nSPS) is 17.8. The summed E-state index contributed by atoms with van der Waals surface area (Å²) in [6, 6.07) is 1.69. The SMILES string of the molecule is O=C(NC1(C(=O)O)CCCCC1)c1ccc(C(F)(F)F)nc1. The van der Waals surface area contributed by atoms with Gasteiger partial charge in [0.2, 0.25) is 0 Å². The quantitative estimate of drug-likeness (QED) is 0.898. The lowest BCUT2D eigenvalue weighted by molar-refractivity contribution is -0.146. The first kappa shape index (κ1) is 16.3. The van der Waals surface area contributed by atoms with E-state index in [1.54, 1.807) is 0 Å². The van der Waals surface area contributed by atoms with Crippen LogP contribution in [0.5, 0.6) is 0 Å². The van der Waals surface area contributed by atoms with Crippen molar-refractivity contribution in [3.8, 4) is 0 Å². The van der Waals surface area contributed by atoms with Gasteiger partial charge in [0.05, 0.1) is 5.56 Å². The average Bonchev–Trinajstić information content (AvgIpc) is 2.47. The van der Waals surface area contributed by atoms with Crippen LogP contribution < -0.4 is 5.32 Å². The van der Waals surface area contributed by atoms with E-state index in [2.05, 4.69) is 10.3 Å². The summed E-state index contributed by atoms with van der Waals surface area (Å²) in [6.45, 7) is 0. The first-order valence-electron chi connectivity index (χ1n) is 6.84. The van der Waals surface area contributed by atoms with Gasteiger partial charge in [-0.15, -0.1) is 0 Å². The highest BCUT2D eigenvalue weighted by Crippen LogP contribution is 2.29. The van der Waals surface area contributed by atoms with Gasteiger partial charge in [-0.2, -0.15) is 13.2 Å². The lowest BCUT2D eigenvalue weighted by Gasteiger charge is -2.33. The number of carbonyl (C=O) groups is 2. The summed E-state index contributed by atoms with van der Waals surface area (Å²) >= 11 is 0. The van der Waals surface area contributed by atoms with Crippen LogP contribution in [0.25, 0.3) is 0 Å². The Balaban J connectivity index is 2.15. The van der Waals surface area contributed by atoms with Crippen LogP contribution in [0.2, 0.25) is 0 Å². The molecule has 2 N–H and O–H groups in total. The average molecular weight is 316 g/mol. The molecule has 1 aromatic heterocycles. The number of amides is 1. The second-order valence-corrected chi connectivity index (χ2v) is 5.33. The lowest BCUT2D eigenvalue weighted by atomic mass is 9.81. The van der Waals surface area contributed by atoms with Crippen LogP contribution in [0.3, 0.4) is 0 Å². The number of nitrogens with one attached hydrogen (secondary N) is 1. The first-order chi connectivity index (χ1) is 10.2. The number of carbonyl (C=O) groups excluding carboxylic acids is 1. The van der Waals surface area contributed by atoms with Crippen molar-refractivity contribution in [3.05, 3.63) is 29.6 Å². The molecule has 1 aliphatic rings. The van der Waals surface area contributed by atoms with Gasteiger partial charge in [0.1, 0.15) is 11.2 Å². The minimum absolute atomic E-state index is 0.0980. The fourth-order valence-electron chi connectivity index (χ4n) is 2.53. The molecule has 0 bridgehead atoms. The third-order valence-corrected chi connectivity index (χ3v) is 3.79. The maximum atomic E-state index is 12.4. The number of hydrogen-bond acceptors (Lipinski definition) is 3. The lowest BCUT2D eigenvalue weighted by Crippen LogP contribution is -2.55. The summed E-state index contributed by atoms with van der Waals surface area (Å²) in [4.78, 5) is 26.7. The van der Waals surface area contributed by atoms with Crippen LogP contribution in [-0.2, 0) is 11.0 Å². The van der Waals surface area contributed by atoms with Crippen LogP contribution in [-0.4, -0.2) is 27.5 Å². The van der Waals surface area contributed by atoms with Crippen LogP contribution >= 0.6 is 0 Å². The van der Waals surface area contributed by atoms with E-state index < -0.39 is 29.3 Å². The van der Waals surface area contributed by atoms with Gasteiger partial charge in [-0.3, -0.25) is 9.78 Å². The second kappa shape index (κ2) is 5.94. The largest absolute Gasteiger partial charge is 0.480 e. The number of pyridine rings is 1. The number of alkyl halides is 3. The number of carboxylic acid groups (broad SMARTS) is 1. The van der Waals surface area contributed by atoms with Crippen molar-refractivity contribution in [2.75, 3.05) is 0 Å². The minimum Gasteiger partial charge on any atom is -0.480 e. The fourth-order valence-corrected chi connectivity index (χ4v) is 2.53. The molecule has 0 saturated heterocycles. The van der Waals surface area contributed by atoms with Gasteiger partial charge < -0.3 is 10.4 Å². The number of aromatic nitrogens is 1. The molecule has 1 aromatic rings. The maximum absolute atomic E-state index is 12.4. The van der Waals surface area contributed by atoms with Crippen LogP contribution in [0, 0.1) is 0 Å². The van der Waals surface area contributed by atoms with Gasteiger partial charge >= 0.3 is 12.1 Å². The molecule has 0 aliphatic heterocycles. The molecule has 1 heterocycles. The number of rotatable bonds is 3. The van der Waals surface area contributed by atoms with Crippen LogP contribution in [0.15, 0.2) is 18.3 Å². The summed E-state index contributed by atoms with van der Waals surface area (Å²) < 4.78 is 37.3. The van der Waals surface area contributed by atoms with Crippen molar-refractivity contribution in [2.45, 2.75) is 43.8 Å². The summed E-state index contributed by atoms with van der Waals surface area (Å²) in [5.74, 6) is -1.86. The highest BCUT2D eigenvalue weighted by atomic mass is 19.4. The van der Waals surface area contributed by atoms with Crippen molar-refractivity contribution in [1.29, 1.82) is 0 Å². The van der Waals surface area contributed by atoms with Crippen LogP contribution in [0.4, 0.5) is 13.2 Å². The zero-order valence-electron chi connectivity index (χ0n) is 11.6. The molecule has 1 fully saturated rings. The van der Waals surface area contributed by atoms with Crippen molar-refractivity contribution >= 4 is 11.9 Å². The Morgan fingerprint density at radius 2 is 1.82 bits per heavy atom. The summed E-state index contributed by atoms with van der Waals surface area (Å²) in [5.41, 5.74) is -2.55. The smallest absolute Gasteiger partial charge is 0.433 e. The molecule has 8 heteroatoms. The highest BCUT2D eigenvalue weighted by Gasteiger charge is 2.41. The molecular formula is C14H15F3N2O3. The molecule has 1 saturated carbocycles. The van der Waals surface area contributed by atoms with Gasteiger partial charge in [0, 0.05) is 6.20 Å². The summed E-state index contributed by atoms with van der Waals surface area (Å²) in [7, 11) is 0. The molecule has 5 nitrogen and oxygen atoms in total. The fraction of sp³-hybridized carbons (Fsp3) is 0.500. The minimum atomic E-state index is -4.58. The third-order valence-electron chi connectivity index (χ3n) is 3.79. The van der Waals surface area contributed by atoms with E-state index in [1.165, 1.54) is 0 Å². The Bertz CT molecular complexity index is 564. The molecule has 0 unspecified atom stereocenters. The standard InChI is InChI=1S/C14H15F3N2O3/c15-14(16,17)10-5-4-9(8-18-10)11(20)19-13(12(21)22)6-2-1-3-7-13/h4-5,8H,1-3,6-7H2,(H,19,20)(H,21,22). The maximum Gasteiger partial charge on any atom is 0.433 e. The predicted molar refractivity (Wildman–Crippen MR) is 70.2 cm³/mol. The molecule has 1 amide bonds. The molecule has 1 aliphatic carbocycles. The van der Waals surface area contributed by atoms with Crippen LogP contribution in [0.1, 0.15) is 48.2 Å². The van der Waals surface area contributed by atoms with E-state index in [1.807, 2.05) is 0 Å². The Morgan fingerprint density at radius 1 is 1.18 bits per heavy atom. The van der Waals surface area contributed by atoms with E-state index >= 15 is 0 Å².